The molecule has 1 aromatic carbocycles. The van der Waals surface area contributed by atoms with Crippen molar-refractivity contribution in [3.63, 3.8) is 0 Å². The van der Waals surface area contributed by atoms with E-state index in [1.165, 1.54) is 0 Å². The van der Waals surface area contributed by atoms with Crippen molar-refractivity contribution in [1.82, 2.24) is 5.32 Å². The quantitative estimate of drug-likeness (QED) is 0.403. The number of hydrogen-bond acceptors (Lipinski definition) is 2. The molecule has 0 aliphatic heterocycles. The van der Waals surface area contributed by atoms with Crippen LogP contribution in [0.15, 0.2) is 35.3 Å². The second-order valence-corrected chi connectivity index (χ2v) is 3.90. The number of aliphatic imine (C=N–C) groups is 1. The summed E-state index contributed by atoms with van der Waals surface area (Å²) in [6, 6.07) is 9.26. The van der Waals surface area contributed by atoms with Gasteiger partial charge in [-0.25, -0.2) is 4.99 Å². The Morgan fingerprint density at radius 3 is 2.72 bits per heavy atom. The maximum absolute atomic E-state index is 11.5. The third-order valence-electron chi connectivity index (χ3n) is 2.29. The average Bonchev–Trinajstić information content (AvgIpc) is 2.38. The molecule has 5 heteroatoms. The summed E-state index contributed by atoms with van der Waals surface area (Å²) >= 11 is 0. The normalized spacial score (nSPS) is 11.1. The standard InChI is InChI=1S/C13H20N4O/c1-2-3-9-15-13(14)16-10-12(18)17-11-7-5-4-6-8-11/h4-8H,2-3,9-10H2,1H3,(H,17,18)(H3,14,15,16). The van der Waals surface area contributed by atoms with Gasteiger partial charge >= 0.3 is 0 Å². The fraction of sp³-hybridized carbons (Fsp3) is 0.385. The number of carbonyl (C=O) groups excluding carboxylic acids is 1. The summed E-state index contributed by atoms with van der Waals surface area (Å²) in [6.07, 6.45) is 2.13. The highest BCUT2D eigenvalue weighted by Gasteiger charge is 2.00. The monoisotopic (exact) mass is 248 g/mol. The predicted octanol–water partition coefficient (Wildman–Crippen LogP) is 1.33. The van der Waals surface area contributed by atoms with E-state index < -0.39 is 0 Å². The van der Waals surface area contributed by atoms with Gasteiger partial charge in [-0.15, -0.1) is 0 Å². The molecule has 98 valence electrons. The lowest BCUT2D eigenvalue weighted by atomic mass is 10.3. The average molecular weight is 248 g/mol. The molecule has 0 bridgehead atoms. The van der Waals surface area contributed by atoms with Crippen molar-refractivity contribution in [3.8, 4) is 0 Å². The van der Waals surface area contributed by atoms with Gasteiger partial charge in [-0.05, 0) is 18.6 Å². The van der Waals surface area contributed by atoms with Gasteiger partial charge in [0.1, 0.15) is 6.54 Å². The topological polar surface area (TPSA) is 79.5 Å². The first kappa shape index (κ1) is 14.0. The fourth-order valence-corrected chi connectivity index (χ4v) is 1.33. The summed E-state index contributed by atoms with van der Waals surface area (Å²) in [7, 11) is 0. The Kier molecular flexibility index (Phi) is 6.32. The Labute approximate surface area is 107 Å². The van der Waals surface area contributed by atoms with Gasteiger partial charge in [0.25, 0.3) is 0 Å². The van der Waals surface area contributed by atoms with Crippen molar-refractivity contribution in [1.29, 1.82) is 0 Å². The molecule has 0 unspecified atom stereocenters. The van der Waals surface area contributed by atoms with E-state index in [2.05, 4.69) is 22.5 Å². The van der Waals surface area contributed by atoms with Crippen molar-refractivity contribution in [2.75, 3.05) is 18.4 Å². The van der Waals surface area contributed by atoms with Crippen LogP contribution in [0.5, 0.6) is 0 Å². The van der Waals surface area contributed by atoms with E-state index in [-0.39, 0.29) is 12.5 Å². The first-order valence-electron chi connectivity index (χ1n) is 6.11. The number of nitrogens with two attached hydrogens (primary N) is 1. The van der Waals surface area contributed by atoms with Gasteiger partial charge in [-0.1, -0.05) is 31.5 Å². The minimum Gasteiger partial charge on any atom is -0.370 e. The molecule has 4 N–H and O–H groups in total. The summed E-state index contributed by atoms with van der Waals surface area (Å²) in [5.74, 6) is 0.133. The van der Waals surface area contributed by atoms with Gasteiger partial charge in [0.05, 0.1) is 0 Å². The van der Waals surface area contributed by atoms with Crippen molar-refractivity contribution >= 4 is 17.6 Å². The van der Waals surface area contributed by atoms with Gasteiger partial charge in [0.2, 0.25) is 5.91 Å². The molecule has 1 rings (SSSR count). The molecule has 0 aliphatic carbocycles. The summed E-state index contributed by atoms with van der Waals surface area (Å²) < 4.78 is 0. The minimum atomic E-state index is -0.179. The van der Waals surface area contributed by atoms with Crippen LogP contribution in [0.3, 0.4) is 0 Å². The summed E-state index contributed by atoms with van der Waals surface area (Å²) in [4.78, 5) is 15.5. The van der Waals surface area contributed by atoms with E-state index in [1.54, 1.807) is 0 Å². The maximum Gasteiger partial charge on any atom is 0.246 e. The van der Waals surface area contributed by atoms with Crippen LogP contribution in [0, 0.1) is 0 Å². The van der Waals surface area contributed by atoms with Crippen molar-refractivity contribution in [2.24, 2.45) is 10.7 Å². The SMILES string of the molecule is CCCCNC(N)=NCC(=O)Nc1ccccc1. The number of hydrogen-bond donors (Lipinski definition) is 3. The number of unbranched alkanes of at least 4 members (excludes halogenated alkanes) is 1. The number of benzene rings is 1. The van der Waals surface area contributed by atoms with Crippen LogP contribution in [0.4, 0.5) is 5.69 Å². The molecular formula is C13H20N4O. The Morgan fingerprint density at radius 1 is 1.33 bits per heavy atom. The molecule has 0 saturated heterocycles. The highest BCUT2D eigenvalue weighted by Crippen LogP contribution is 2.04. The van der Waals surface area contributed by atoms with Crippen LogP contribution in [0.25, 0.3) is 0 Å². The third-order valence-corrected chi connectivity index (χ3v) is 2.29. The van der Waals surface area contributed by atoms with Crippen molar-refractivity contribution in [2.45, 2.75) is 19.8 Å². The lowest BCUT2D eigenvalue weighted by Crippen LogP contribution is -2.33. The summed E-state index contributed by atoms with van der Waals surface area (Å²) in [6.45, 7) is 2.91. The van der Waals surface area contributed by atoms with E-state index in [4.69, 9.17) is 5.73 Å². The molecule has 0 spiro atoms. The van der Waals surface area contributed by atoms with Crippen LogP contribution in [0.1, 0.15) is 19.8 Å². The molecule has 0 aromatic heterocycles. The largest absolute Gasteiger partial charge is 0.370 e. The van der Waals surface area contributed by atoms with Crippen LogP contribution < -0.4 is 16.4 Å². The Morgan fingerprint density at radius 2 is 2.06 bits per heavy atom. The van der Waals surface area contributed by atoms with Gasteiger partial charge in [0.15, 0.2) is 5.96 Å². The van der Waals surface area contributed by atoms with Crippen molar-refractivity contribution < 1.29 is 4.79 Å². The number of para-hydroxylation sites is 1. The number of rotatable bonds is 6. The summed E-state index contributed by atoms with van der Waals surface area (Å²) in [5.41, 5.74) is 6.37. The molecule has 0 atom stereocenters. The maximum atomic E-state index is 11.5. The van der Waals surface area contributed by atoms with Gasteiger partial charge in [0, 0.05) is 12.2 Å². The van der Waals surface area contributed by atoms with Crippen LogP contribution >= 0.6 is 0 Å². The van der Waals surface area contributed by atoms with Crippen LogP contribution in [-0.2, 0) is 4.79 Å². The zero-order chi connectivity index (χ0) is 13.2. The number of carbonyl (C=O) groups is 1. The third kappa shape index (κ3) is 5.89. The van der Waals surface area contributed by atoms with E-state index in [1.807, 2.05) is 30.3 Å². The van der Waals surface area contributed by atoms with Crippen molar-refractivity contribution in [3.05, 3.63) is 30.3 Å². The Balaban J connectivity index is 2.30. The Hall–Kier alpha value is -2.04. The molecule has 1 aromatic rings. The molecular weight excluding hydrogens is 228 g/mol. The zero-order valence-electron chi connectivity index (χ0n) is 10.6. The molecule has 1 amide bonds. The number of guanidine groups is 1. The number of anilines is 1. The second kappa shape index (κ2) is 8.11. The first-order valence-corrected chi connectivity index (χ1v) is 6.11. The number of nitrogens with zero attached hydrogens (tertiary/aromatic N) is 1. The molecule has 18 heavy (non-hydrogen) atoms. The fourth-order valence-electron chi connectivity index (χ4n) is 1.33. The van der Waals surface area contributed by atoms with Gasteiger partial charge < -0.3 is 16.4 Å². The molecule has 0 heterocycles. The molecule has 0 radical (unpaired) electrons. The van der Waals surface area contributed by atoms with E-state index in [9.17, 15) is 4.79 Å². The lowest BCUT2D eigenvalue weighted by Gasteiger charge is -2.05. The minimum absolute atomic E-state index is 0.0276. The van der Waals surface area contributed by atoms with Crippen LogP contribution in [0.2, 0.25) is 0 Å². The van der Waals surface area contributed by atoms with Crippen LogP contribution in [-0.4, -0.2) is 25.0 Å². The summed E-state index contributed by atoms with van der Waals surface area (Å²) in [5, 5.41) is 5.69. The second-order valence-electron chi connectivity index (χ2n) is 3.90. The van der Waals surface area contributed by atoms with E-state index in [0.717, 1.165) is 25.1 Å². The number of nitrogens with one attached hydrogen (secondary N) is 2. The number of amides is 1. The smallest absolute Gasteiger partial charge is 0.246 e. The van der Waals surface area contributed by atoms with E-state index in [0.29, 0.717) is 5.96 Å². The lowest BCUT2D eigenvalue weighted by molar-refractivity contribution is -0.114. The first-order chi connectivity index (χ1) is 8.72. The zero-order valence-corrected chi connectivity index (χ0v) is 10.6. The highest BCUT2D eigenvalue weighted by atomic mass is 16.1. The van der Waals surface area contributed by atoms with Gasteiger partial charge in [-0.3, -0.25) is 4.79 Å². The predicted molar refractivity (Wildman–Crippen MR) is 74.5 cm³/mol. The van der Waals surface area contributed by atoms with E-state index >= 15 is 0 Å². The molecule has 0 aliphatic rings. The van der Waals surface area contributed by atoms with Gasteiger partial charge in [-0.2, -0.15) is 0 Å². The Bertz CT molecular complexity index is 389. The molecule has 0 saturated carbocycles. The molecule has 0 fully saturated rings. The molecule has 5 nitrogen and oxygen atoms in total. The highest BCUT2D eigenvalue weighted by molar-refractivity contribution is 5.93.